The van der Waals surface area contributed by atoms with Crippen LogP contribution < -0.4 is 4.72 Å². The first-order chi connectivity index (χ1) is 9.33. The van der Waals surface area contributed by atoms with Gasteiger partial charge in [0.2, 0.25) is 10.0 Å². The summed E-state index contributed by atoms with van der Waals surface area (Å²) in [4.78, 5) is 14.9. The van der Waals surface area contributed by atoms with E-state index in [0.29, 0.717) is 23.4 Å². The molecule has 1 aromatic heterocycles. The molecule has 1 unspecified atom stereocenters. The number of nitrogens with zero attached hydrogens (tertiary/aromatic N) is 1. The lowest BCUT2D eigenvalue weighted by Crippen LogP contribution is -2.32. The third kappa shape index (κ3) is 2.74. The molecule has 2 aromatic rings. The Morgan fingerprint density at radius 3 is 2.80 bits per heavy atom. The number of benzene rings is 1. The van der Waals surface area contributed by atoms with Crippen LogP contribution in [-0.2, 0) is 21.2 Å². The minimum Gasteiger partial charge on any atom is -0.480 e. The standard InChI is InChI=1S/C12H14N2O5S/c1-3-11-13-9-6-8(4-5-10(9)19-11)14-20(17,18)7(2)12(15)16/h4-7,14H,3H2,1-2H3,(H,15,16). The summed E-state index contributed by atoms with van der Waals surface area (Å²) in [5.41, 5.74) is 1.32. The van der Waals surface area contributed by atoms with Gasteiger partial charge in [0.05, 0.1) is 5.69 Å². The van der Waals surface area contributed by atoms with E-state index in [0.717, 1.165) is 6.92 Å². The molecule has 0 spiro atoms. The second-order valence-corrected chi connectivity index (χ2v) is 6.27. The lowest BCUT2D eigenvalue weighted by molar-refractivity contribution is -0.136. The summed E-state index contributed by atoms with van der Waals surface area (Å²) in [5, 5.41) is 7.22. The molecule has 108 valence electrons. The van der Waals surface area contributed by atoms with Gasteiger partial charge in [-0.15, -0.1) is 0 Å². The van der Waals surface area contributed by atoms with Crippen LogP contribution in [0, 0.1) is 0 Å². The Kier molecular flexibility index (Phi) is 3.67. The lowest BCUT2D eigenvalue weighted by atomic mass is 10.3. The molecule has 0 aliphatic carbocycles. The van der Waals surface area contributed by atoms with Crippen LogP contribution in [0.3, 0.4) is 0 Å². The molecule has 0 fully saturated rings. The van der Waals surface area contributed by atoms with E-state index in [-0.39, 0.29) is 5.69 Å². The highest BCUT2D eigenvalue weighted by molar-refractivity contribution is 7.94. The Labute approximate surface area is 115 Å². The van der Waals surface area contributed by atoms with Gasteiger partial charge in [-0.1, -0.05) is 6.92 Å². The number of aryl methyl sites for hydroxylation is 1. The number of carbonyl (C=O) groups is 1. The van der Waals surface area contributed by atoms with Crippen molar-refractivity contribution in [3.05, 3.63) is 24.1 Å². The van der Waals surface area contributed by atoms with Gasteiger partial charge in [0.1, 0.15) is 5.52 Å². The Morgan fingerprint density at radius 1 is 1.50 bits per heavy atom. The molecule has 7 nitrogen and oxygen atoms in total. The number of fused-ring (bicyclic) bond motifs is 1. The van der Waals surface area contributed by atoms with Gasteiger partial charge >= 0.3 is 5.97 Å². The van der Waals surface area contributed by atoms with E-state index in [4.69, 9.17) is 9.52 Å². The second-order valence-electron chi connectivity index (χ2n) is 4.27. The first-order valence-electron chi connectivity index (χ1n) is 5.97. The lowest BCUT2D eigenvalue weighted by Gasteiger charge is -2.10. The summed E-state index contributed by atoms with van der Waals surface area (Å²) in [6.07, 6.45) is 0.631. The van der Waals surface area contributed by atoms with Crippen molar-refractivity contribution in [1.29, 1.82) is 0 Å². The molecule has 0 radical (unpaired) electrons. The number of sulfonamides is 1. The third-order valence-electron chi connectivity index (χ3n) is 2.81. The van der Waals surface area contributed by atoms with Crippen LogP contribution in [0.15, 0.2) is 22.6 Å². The van der Waals surface area contributed by atoms with E-state index in [1.807, 2.05) is 6.92 Å². The molecule has 2 N–H and O–H groups in total. The number of aliphatic carboxylic acids is 1. The van der Waals surface area contributed by atoms with Gasteiger partial charge in [-0.25, -0.2) is 13.4 Å². The molecule has 20 heavy (non-hydrogen) atoms. The van der Waals surface area contributed by atoms with Gasteiger partial charge in [0, 0.05) is 6.42 Å². The molecule has 0 saturated carbocycles. The minimum absolute atomic E-state index is 0.251. The monoisotopic (exact) mass is 298 g/mol. The normalized spacial score (nSPS) is 13.3. The van der Waals surface area contributed by atoms with Crippen molar-refractivity contribution >= 4 is 32.8 Å². The molecule has 0 aliphatic heterocycles. The molecular weight excluding hydrogens is 284 g/mol. The largest absolute Gasteiger partial charge is 0.480 e. The summed E-state index contributed by atoms with van der Waals surface area (Å²) in [6.45, 7) is 3.00. The van der Waals surface area contributed by atoms with Crippen molar-refractivity contribution in [1.82, 2.24) is 4.98 Å². The molecule has 0 bridgehead atoms. The van der Waals surface area contributed by atoms with Crippen LogP contribution >= 0.6 is 0 Å². The van der Waals surface area contributed by atoms with E-state index in [1.165, 1.54) is 12.1 Å². The van der Waals surface area contributed by atoms with Gasteiger partial charge in [-0.05, 0) is 25.1 Å². The van der Waals surface area contributed by atoms with Gasteiger partial charge in [0.25, 0.3) is 0 Å². The minimum atomic E-state index is -3.99. The number of aromatic nitrogens is 1. The van der Waals surface area contributed by atoms with E-state index in [9.17, 15) is 13.2 Å². The fourth-order valence-electron chi connectivity index (χ4n) is 1.58. The molecule has 1 atom stereocenters. The third-order valence-corrected chi connectivity index (χ3v) is 4.46. The molecule has 0 saturated heterocycles. The molecule has 8 heteroatoms. The highest BCUT2D eigenvalue weighted by atomic mass is 32.2. The molecule has 0 amide bonds. The Hall–Kier alpha value is -2.09. The fraction of sp³-hybridized carbons (Fsp3) is 0.333. The number of hydrogen-bond donors (Lipinski definition) is 2. The van der Waals surface area contributed by atoms with E-state index < -0.39 is 21.2 Å². The molecule has 1 aromatic carbocycles. The highest BCUT2D eigenvalue weighted by Crippen LogP contribution is 2.21. The quantitative estimate of drug-likeness (QED) is 0.867. The number of rotatable bonds is 5. The van der Waals surface area contributed by atoms with Gasteiger partial charge in [0.15, 0.2) is 16.7 Å². The Bertz CT molecular complexity index is 750. The average Bonchev–Trinajstić information content (AvgIpc) is 2.79. The molecule has 1 heterocycles. The first-order valence-corrected chi connectivity index (χ1v) is 7.52. The fourth-order valence-corrected chi connectivity index (χ4v) is 2.47. The second kappa shape index (κ2) is 5.12. The van der Waals surface area contributed by atoms with Crippen LogP contribution in [-0.4, -0.2) is 29.7 Å². The van der Waals surface area contributed by atoms with Crippen molar-refractivity contribution in [2.24, 2.45) is 0 Å². The predicted octanol–water partition coefficient (Wildman–Crippen LogP) is 1.60. The van der Waals surface area contributed by atoms with Crippen molar-refractivity contribution in [2.75, 3.05) is 4.72 Å². The number of anilines is 1. The van der Waals surface area contributed by atoms with Crippen LogP contribution in [0.4, 0.5) is 5.69 Å². The zero-order chi connectivity index (χ0) is 14.9. The van der Waals surface area contributed by atoms with Crippen molar-refractivity contribution < 1.29 is 22.7 Å². The summed E-state index contributed by atoms with van der Waals surface area (Å²) in [6, 6.07) is 4.59. The molecule has 2 rings (SSSR count). The molecule has 0 aliphatic rings. The van der Waals surface area contributed by atoms with Crippen LogP contribution in [0.5, 0.6) is 0 Å². The Morgan fingerprint density at radius 2 is 2.20 bits per heavy atom. The van der Waals surface area contributed by atoms with Crippen molar-refractivity contribution in [3.8, 4) is 0 Å². The zero-order valence-corrected chi connectivity index (χ0v) is 11.8. The first kappa shape index (κ1) is 14.3. The summed E-state index contributed by atoms with van der Waals surface area (Å²) < 4.78 is 31.2. The van der Waals surface area contributed by atoms with Crippen LogP contribution in [0.2, 0.25) is 0 Å². The number of nitrogens with one attached hydrogen (secondary N) is 1. The summed E-state index contributed by atoms with van der Waals surface area (Å²) >= 11 is 0. The topological polar surface area (TPSA) is 110 Å². The van der Waals surface area contributed by atoms with E-state index in [2.05, 4.69) is 9.71 Å². The van der Waals surface area contributed by atoms with E-state index >= 15 is 0 Å². The number of oxazole rings is 1. The number of carboxylic acids is 1. The number of hydrogen-bond acceptors (Lipinski definition) is 5. The maximum absolute atomic E-state index is 11.8. The molecular formula is C12H14N2O5S. The highest BCUT2D eigenvalue weighted by Gasteiger charge is 2.27. The van der Waals surface area contributed by atoms with Crippen LogP contribution in [0.1, 0.15) is 19.7 Å². The smallest absolute Gasteiger partial charge is 0.323 e. The van der Waals surface area contributed by atoms with Crippen LogP contribution in [0.25, 0.3) is 11.1 Å². The van der Waals surface area contributed by atoms with Gasteiger partial charge in [-0.2, -0.15) is 0 Å². The SMILES string of the molecule is CCc1nc2cc(NS(=O)(=O)C(C)C(=O)O)ccc2o1. The maximum Gasteiger partial charge on any atom is 0.323 e. The number of carboxylic acid groups (broad SMARTS) is 1. The van der Waals surface area contributed by atoms with Crippen molar-refractivity contribution in [3.63, 3.8) is 0 Å². The average molecular weight is 298 g/mol. The zero-order valence-electron chi connectivity index (χ0n) is 11.0. The summed E-state index contributed by atoms with van der Waals surface area (Å²) in [5.74, 6) is -0.854. The van der Waals surface area contributed by atoms with Crippen molar-refractivity contribution in [2.45, 2.75) is 25.5 Å². The van der Waals surface area contributed by atoms with Gasteiger partial charge < -0.3 is 9.52 Å². The van der Waals surface area contributed by atoms with Gasteiger partial charge in [-0.3, -0.25) is 9.52 Å². The van der Waals surface area contributed by atoms with E-state index in [1.54, 1.807) is 6.07 Å². The Balaban J connectivity index is 2.32. The maximum atomic E-state index is 11.8. The summed E-state index contributed by atoms with van der Waals surface area (Å²) in [7, 11) is -3.99. The predicted molar refractivity (Wildman–Crippen MR) is 73.0 cm³/mol.